The molecule has 4 heteroatoms. The van der Waals surface area contributed by atoms with Crippen LogP contribution in [-0.2, 0) is 11.3 Å². The van der Waals surface area contributed by atoms with Gasteiger partial charge >= 0.3 is 0 Å². The summed E-state index contributed by atoms with van der Waals surface area (Å²) in [7, 11) is 0. The van der Waals surface area contributed by atoms with E-state index in [9.17, 15) is 0 Å². The molecule has 1 aliphatic heterocycles. The largest absolute Gasteiger partial charge is 0.376 e. The van der Waals surface area contributed by atoms with E-state index in [0.29, 0.717) is 6.04 Å². The lowest BCUT2D eigenvalue weighted by Gasteiger charge is -2.23. The molecular weight excluding hydrogens is 286 g/mol. The molecule has 0 bridgehead atoms. The second kappa shape index (κ2) is 6.74. The number of nitrogens with one attached hydrogen (secondary N) is 1. The normalized spacial score (nSPS) is 21.2. The Balaban J connectivity index is 1.59. The monoisotopic (exact) mass is 303 g/mol. The van der Waals surface area contributed by atoms with Crippen molar-refractivity contribution < 1.29 is 4.74 Å². The first kappa shape index (κ1) is 12.6. The maximum atomic E-state index is 5.70. The van der Waals surface area contributed by atoms with E-state index in [-0.39, 0.29) is 0 Å². The molecule has 0 radical (unpaired) electrons. The summed E-state index contributed by atoms with van der Waals surface area (Å²) in [6, 6.07) is 2.76. The van der Waals surface area contributed by atoms with Crippen LogP contribution in [0.5, 0.6) is 0 Å². The zero-order chi connectivity index (χ0) is 11.2. The van der Waals surface area contributed by atoms with Gasteiger partial charge in [-0.25, -0.2) is 0 Å². The van der Waals surface area contributed by atoms with Gasteiger partial charge < -0.3 is 10.1 Å². The molecule has 0 amide bonds. The molecule has 2 rings (SSSR count). The van der Waals surface area contributed by atoms with Crippen LogP contribution in [0.25, 0.3) is 0 Å². The highest BCUT2D eigenvalue weighted by Gasteiger charge is 2.11. The summed E-state index contributed by atoms with van der Waals surface area (Å²) in [4.78, 5) is 1.29. The summed E-state index contributed by atoms with van der Waals surface area (Å²) >= 11 is 5.26. The van der Waals surface area contributed by atoms with Gasteiger partial charge in [-0.05, 0) is 53.2 Å². The van der Waals surface area contributed by atoms with E-state index in [1.807, 2.05) is 0 Å². The zero-order valence-corrected chi connectivity index (χ0v) is 11.8. The Morgan fingerprint density at radius 1 is 1.50 bits per heavy atom. The molecule has 16 heavy (non-hydrogen) atoms. The molecule has 0 aliphatic carbocycles. The number of halogens is 1. The van der Waals surface area contributed by atoms with E-state index in [0.717, 1.165) is 19.6 Å². The number of thiophene rings is 1. The van der Waals surface area contributed by atoms with Crippen LogP contribution in [-0.4, -0.2) is 19.2 Å². The lowest BCUT2D eigenvalue weighted by atomic mass is 10.0. The number of rotatable bonds is 5. The first-order valence-electron chi connectivity index (χ1n) is 5.89. The minimum Gasteiger partial charge on any atom is -0.376 e. The van der Waals surface area contributed by atoms with Gasteiger partial charge in [0.15, 0.2) is 0 Å². The third-order valence-electron chi connectivity index (χ3n) is 2.95. The van der Waals surface area contributed by atoms with Gasteiger partial charge in [-0.3, -0.25) is 0 Å². The van der Waals surface area contributed by atoms with E-state index in [2.05, 4.69) is 32.7 Å². The molecule has 1 aliphatic rings. The topological polar surface area (TPSA) is 21.3 Å². The van der Waals surface area contributed by atoms with E-state index >= 15 is 0 Å². The predicted molar refractivity (Wildman–Crippen MR) is 71.9 cm³/mol. The molecular formula is C12H18BrNOS. The van der Waals surface area contributed by atoms with Crippen LogP contribution in [0.4, 0.5) is 0 Å². The number of ether oxygens (including phenoxy) is 1. The van der Waals surface area contributed by atoms with Gasteiger partial charge in [-0.2, -0.15) is 0 Å². The zero-order valence-electron chi connectivity index (χ0n) is 9.38. The number of piperidine rings is 1. The van der Waals surface area contributed by atoms with Gasteiger partial charge in [0.1, 0.15) is 0 Å². The fourth-order valence-corrected chi connectivity index (χ4v) is 3.39. The molecule has 0 saturated carbocycles. The summed E-state index contributed by atoms with van der Waals surface area (Å²) in [5, 5.41) is 5.63. The van der Waals surface area contributed by atoms with Gasteiger partial charge in [0.05, 0.1) is 6.61 Å². The Hall–Kier alpha value is 0.1000. The maximum absolute atomic E-state index is 5.70. The average molecular weight is 304 g/mol. The highest BCUT2D eigenvalue weighted by atomic mass is 79.9. The fourth-order valence-electron chi connectivity index (χ4n) is 1.99. The minimum absolute atomic E-state index is 0.681. The summed E-state index contributed by atoms with van der Waals surface area (Å²) in [6.07, 6.45) is 5.16. The standard InChI is InChI=1S/C12H18BrNOS/c13-11-5-8-16-12(11)9-15-7-4-10-3-1-2-6-14-10/h5,8,10,14H,1-4,6-7,9H2. The number of hydrogen-bond donors (Lipinski definition) is 1. The Morgan fingerprint density at radius 2 is 2.44 bits per heavy atom. The van der Waals surface area contributed by atoms with Crippen molar-refractivity contribution in [1.29, 1.82) is 0 Å². The van der Waals surface area contributed by atoms with Gasteiger partial charge in [0.25, 0.3) is 0 Å². The minimum atomic E-state index is 0.681. The van der Waals surface area contributed by atoms with Gasteiger partial charge in [-0.15, -0.1) is 11.3 Å². The molecule has 1 fully saturated rings. The molecule has 1 aromatic heterocycles. The Morgan fingerprint density at radius 3 is 3.12 bits per heavy atom. The molecule has 2 heterocycles. The smallest absolute Gasteiger partial charge is 0.0820 e. The van der Waals surface area contributed by atoms with Crippen LogP contribution in [0.3, 0.4) is 0 Å². The van der Waals surface area contributed by atoms with E-state index in [4.69, 9.17) is 4.74 Å². The van der Waals surface area contributed by atoms with Gasteiger partial charge in [0, 0.05) is 22.0 Å². The maximum Gasteiger partial charge on any atom is 0.0820 e. The van der Waals surface area contributed by atoms with Crippen molar-refractivity contribution in [3.8, 4) is 0 Å². The molecule has 2 nitrogen and oxygen atoms in total. The van der Waals surface area contributed by atoms with Crippen molar-refractivity contribution in [1.82, 2.24) is 5.32 Å². The average Bonchev–Trinajstić information content (AvgIpc) is 2.72. The van der Waals surface area contributed by atoms with Crippen molar-refractivity contribution in [3.05, 3.63) is 20.8 Å². The third-order valence-corrected chi connectivity index (χ3v) is 4.85. The first-order chi connectivity index (χ1) is 7.86. The molecule has 90 valence electrons. The Kier molecular flexibility index (Phi) is 5.29. The van der Waals surface area contributed by atoms with Crippen molar-refractivity contribution in [2.75, 3.05) is 13.2 Å². The van der Waals surface area contributed by atoms with Crippen molar-refractivity contribution >= 4 is 27.3 Å². The molecule has 0 spiro atoms. The first-order valence-corrected chi connectivity index (χ1v) is 7.56. The van der Waals surface area contributed by atoms with Crippen LogP contribution >= 0.6 is 27.3 Å². The Bertz CT molecular complexity index is 310. The summed E-state index contributed by atoms with van der Waals surface area (Å²) < 4.78 is 6.88. The van der Waals surface area contributed by atoms with E-state index in [1.165, 1.54) is 35.2 Å². The highest BCUT2D eigenvalue weighted by molar-refractivity contribution is 9.10. The van der Waals surface area contributed by atoms with Crippen LogP contribution < -0.4 is 5.32 Å². The number of hydrogen-bond acceptors (Lipinski definition) is 3. The summed E-state index contributed by atoms with van der Waals surface area (Å²) in [5.41, 5.74) is 0. The van der Waals surface area contributed by atoms with Crippen molar-refractivity contribution in [2.45, 2.75) is 38.3 Å². The van der Waals surface area contributed by atoms with E-state index in [1.54, 1.807) is 11.3 Å². The lowest BCUT2D eigenvalue weighted by Crippen LogP contribution is -2.34. The van der Waals surface area contributed by atoms with Gasteiger partial charge in [0.2, 0.25) is 0 Å². The van der Waals surface area contributed by atoms with Crippen LogP contribution in [0.2, 0.25) is 0 Å². The van der Waals surface area contributed by atoms with Crippen LogP contribution in [0, 0.1) is 0 Å². The van der Waals surface area contributed by atoms with Crippen molar-refractivity contribution in [2.24, 2.45) is 0 Å². The lowest BCUT2D eigenvalue weighted by molar-refractivity contribution is 0.110. The van der Waals surface area contributed by atoms with E-state index < -0.39 is 0 Å². The molecule has 1 saturated heterocycles. The second-order valence-corrected chi connectivity index (χ2v) is 6.03. The third kappa shape index (κ3) is 3.84. The summed E-state index contributed by atoms with van der Waals surface area (Å²) in [6.45, 7) is 2.79. The SMILES string of the molecule is Brc1ccsc1COCCC1CCCCN1. The highest BCUT2D eigenvalue weighted by Crippen LogP contribution is 2.23. The molecule has 0 aromatic carbocycles. The Labute approximate surface area is 110 Å². The summed E-state index contributed by atoms with van der Waals surface area (Å²) in [5.74, 6) is 0. The molecule has 1 unspecified atom stereocenters. The van der Waals surface area contributed by atoms with Gasteiger partial charge in [-0.1, -0.05) is 6.42 Å². The van der Waals surface area contributed by atoms with Crippen molar-refractivity contribution in [3.63, 3.8) is 0 Å². The second-order valence-electron chi connectivity index (χ2n) is 4.18. The fraction of sp³-hybridized carbons (Fsp3) is 0.667. The van der Waals surface area contributed by atoms with Crippen LogP contribution in [0.15, 0.2) is 15.9 Å². The predicted octanol–water partition coefficient (Wildman–Crippen LogP) is 3.56. The molecule has 1 aromatic rings. The molecule has 1 N–H and O–H groups in total. The molecule has 1 atom stereocenters. The van der Waals surface area contributed by atoms with Crippen LogP contribution in [0.1, 0.15) is 30.6 Å². The quantitative estimate of drug-likeness (QED) is 0.840.